The molecule has 100 valence electrons. The van der Waals surface area contributed by atoms with Gasteiger partial charge < -0.3 is 10.6 Å². The molecular weight excluding hydrogens is 306 g/mol. The van der Waals surface area contributed by atoms with E-state index >= 15 is 0 Å². The Morgan fingerprint density at radius 2 is 2.16 bits per heavy atom. The van der Waals surface area contributed by atoms with Crippen LogP contribution >= 0.6 is 15.9 Å². The normalized spacial score (nSPS) is 10.3. The van der Waals surface area contributed by atoms with E-state index in [1.54, 1.807) is 6.20 Å². The highest BCUT2D eigenvalue weighted by molar-refractivity contribution is 9.10. The van der Waals surface area contributed by atoms with Crippen LogP contribution in [-0.2, 0) is 0 Å². The molecule has 0 amide bonds. The summed E-state index contributed by atoms with van der Waals surface area (Å²) in [5.41, 5.74) is 2.14. The maximum atomic E-state index is 4.36. The Balaban J connectivity index is 2.14. The van der Waals surface area contributed by atoms with Crippen molar-refractivity contribution in [2.24, 2.45) is 0 Å². The van der Waals surface area contributed by atoms with E-state index in [0.717, 1.165) is 28.7 Å². The van der Waals surface area contributed by atoms with Gasteiger partial charge in [-0.3, -0.25) is 0 Å². The van der Waals surface area contributed by atoms with Crippen LogP contribution in [-0.4, -0.2) is 21.7 Å². The van der Waals surface area contributed by atoms with Crippen molar-refractivity contribution < 1.29 is 0 Å². The van der Waals surface area contributed by atoms with Crippen molar-refractivity contribution in [3.8, 4) is 0 Å². The van der Waals surface area contributed by atoms with E-state index in [2.05, 4.69) is 48.7 Å². The van der Waals surface area contributed by atoms with E-state index in [9.17, 15) is 0 Å². The summed E-state index contributed by atoms with van der Waals surface area (Å²) in [6.45, 7) is 4.97. The van der Waals surface area contributed by atoms with Crippen molar-refractivity contribution in [1.29, 1.82) is 0 Å². The predicted octanol–water partition coefficient (Wildman–Crippen LogP) is 3.51. The second-order valence-corrected chi connectivity index (χ2v) is 5.09. The zero-order valence-corrected chi connectivity index (χ0v) is 12.5. The highest BCUT2D eigenvalue weighted by Crippen LogP contribution is 2.22. The maximum absolute atomic E-state index is 4.36. The highest BCUT2D eigenvalue weighted by atomic mass is 79.9. The summed E-state index contributed by atoms with van der Waals surface area (Å²) in [4.78, 5) is 4.36. The van der Waals surface area contributed by atoms with Crippen LogP contribution in [0.1, 0.15) is 18.9 Å². The largest absolute Gasteiger partial charge is 0.353 e. The third-order valence-electron chi connectivity index (χ3n) is 2.54. The van der Waals surface area contributed by atoms with Crippen LogP contribution in [0, 0.1) is 6.92 Å². The molecule has 0 spiro atoms. The van der Waals surface area contributed by atoms with E-state index in [1.165, 1.54) is 0 Å². The van der Waals surface area contributed by atoms with Crippen molar-refractivity contribution in [2.75, 3.05) is 17.2 Å². The molecular formula is C13H16BrN5. The molecule has 1 aromatic heterocycles. The number of anilines is 3. The molecule has 2 aromatic rings. The van der Waals surface area contributed by atoms with Crippen LogP contribution in [0.3, 0.4) is 0 Å². The minimum Gasteiger partial charge on any atom is -0.353 e. The first kappa shape index (κ1) is 13.7. The van der Waals surface area contributed by atoms with Gasteiger partial charge >= 0.3 is 0 Å². The molecule has 0 atom stereocenters. The molecule has 0 fully saturated rings. The third kappa shape index (κ3) is 3.89. The standard InChI is InChI=1S/C13H16BrN5/c1-3-6-15-13-18-12(8-16-19-13)17-11-5-4-10(14)7-9(11)2/h4-5,7-8H,3,6H2,1-2H3,(H2,15,17,18,19). The topological polar surface area (TPSA) is 62.7 Å². The number of hydrogen-bond donors (Lipinski definition) is 2. The van der Waals surface area contributed by atoms with Gasteiger partial charge in [0.25, 0.3) is 0 Å². The molecule has 2 N–H and O–H groups in total. The first-order chi connectivity index (χ1) is 9.19. The average molecular weight is 322 g/mol. The van der Waals surface area contributed by atoms with Gasteiger partial charge in [-0.05, 0) is 37.1 Å². The SMILES string of the molecule is CCCNc1nncc(Nc2ccc(Br)cc2C)n1. The van der Waals surface area contributed by atoms with Crippen LogP contribution in [0.15, 0.2) is 28.9 Å². The van der Waals surface area contributed by atoms with E-state index in [0.29, 0.717) is 11.8 Å². The lowest BCUT2D eigenvalue weighted by atomic mass is 10.2. The second kappa shape index (κ2) is 6.47. The van der Waals surface area contributed by atoms with Gasteiger partial charge in [-0.15, -0.1) is 5.10 Å². The summed E-state index contributed by atoms with van der Waals surface area (Å²) in [5.74, 6) is 1.22. The van der Waals surface area contributed by atoms with Crippen LogP contribution in [0.25, 0.3) is 0 Å². The number of rotatable bonds is 5. The van der Waals surface area contributed by atoms with Crippen molar-refractivity contribution in [2.45, 2.75) is 20.3 Å². The highest BCUT2D eigenvalue weighted by Gasteiger charge is 2.03. The number of aromatic nitrogens is 3. The quantitative estimate of drug-likeness (QED) is 0.882. The van der Waals surface area contributed by atoms with E-state index in [1.807, 2.05) is 25.1 Å². The smallest absolute Gasteiger partial charge is 0.244 e. The van der Waals surface area contributed by atoms with Gasteiger partial charge in [0, 0.05) is 16.7 Å². The molecule has 19 heavy (non-hydrogen) atoms. The van der Waals surface area contributed by atoms with Gasteiger partial charge in [0.05, 0.1) is 6.20 Å². The molecule has 0 bridgehead atoms. The summed E-state index contributed by atoms with van der Waals surface area (Å²) in [5, 5.41) is 14.2. The number of benzene rings is 1. The van der Waals surface area contributed by atoms with Gasteiger partial charge in [-0.2, -0.15) is 10.1 Å². The van der Waals surface area contributed by atoms with Crippen molar-refractivity contribution in [1.82, 2.24) is 15.2 Å². The van der Waals surface area contributed by atoms with E-state index in [-0.39, 0.29) is 0 Å². The van der Waals surface area contributed by atoms with Crippen molar-refractivity contribution in [3.05, 3.63) is 34.4 Å². The molecule has 0 aliphatic heterocycles. The molecule has 0 saturated carbocycles. The van der Waals surface area contributed by atoms with Crippen molar-refractivity contribution in [3.63, 3.8) is 0 Å². The number of nitrogens with zero attached hydrogens (tertiary/aromatic N) is 3. The Kier molecular flexibility index (Phi) is 4.68. The molecule has 0 radical (unpaired) electrons. The van der Waals surface area contributed by atoms with Gasteiger partial charge in [-0.25, -0.2) is 0 Å². The molecule has 6 heteroatoms. The van der Waals surface area contributed by atoms with E-state index < -0.39 is 0 Å². The van der Waals surface area contributed by atoms with Gasteiger partial charge in [-0.1, -0.05) is 22.9 Å². The summed E-state index contributed by atoms with van der Waals surface area (Å²) in [6.07, 6.45) is 2.63. The predicted molar refractivity (Wildman–Crippen MR) is 80.8 cm³/mol. The Labute approximate surface area is 121 Å². The Morgan fingerprint density at radius 3 is 2.89 bits per heavy atom. The number of hydrogen-bond acceptors (Lipinski definition) is 5. The molecule has 2 rings (SSSR count). The lowest BCUT2D eigenvalue weighted by molar-refractivity contribution is 0.913. The molecule has 0 aliphatic rings. The summed E-state index contributed by atoms with van der Waals surface area (Å²) in [6, 6.07) is 6.04. The molecule has 1 aromatic carbocycles. The fourth-order valence-corrected chi connectivity index (χ4v) is 2.06. The fraction of sp³-hybridized carbons (Fsp3) is 0.308. The van der Waals surface area contributed by atoms with Crippen molar-refractivity contribution >= 4 is 33.4 Å². The first-order valence-electron chi connectivity index (χ1n) is 6.16. The molecule has 1 heterocycles. The maximum Gasteiger partial charge on any atom is 0.244 e. The lowest BCUT2D eigenvalue weighted by Crippen LogP contribution is -2.07. The number of nitrogens with one attached hydrogen (secondary N) is 2. The Bertz CT molecular complexity index is 558. The van der Waals surface area contributed by atoms with Crippen LogP contribution < -0.4 is 10.6 Å². The first-order valence-corrected chi connectivity index (χ1v) is 6.95. The fourth-order valence-electron chi connectivity index (χ4n) is 1.58. The zero-order valence-electron chi connectivity index (χ0n) is 10.9. The summed E-state index contributed by atoms with van der Waals surface area (Å²) in [7, 11) is 0. The average Bonchev–Trinajstić information content (AvgIpc) is 2.40. The Morgan fingerprint density at radius 1 is 1.32 bits per heavy atom. The number of halogens is 1. The van der Waals surface area contributed by atoms with Crippen LogP contribution in [0.5, 0.6) is 0 Å². The lowest BCUT2D eigenvalue weighted by Gasteiger charge is -2.09. The van der Waals surface area contributed by atoms with E-state index in [4.69, 9.17) is 0 Å². The minimum absolute atomic E-state index is 0.543. The zero-order chi connectivity index (χ0) is 13.7. The second-order valence-electron chi connectivity index (χ2n) is 4.18. The van der Waals surface area contributed by atoms with Gasteiger partial charge in [0.2, 0.25) is 5.95 Å². The third-order valence-corrected chi connectivity index (χ3v) is 3.04. The van der Waals surface area contributed by atoms with Crippen LogP contribution in [0.4, 0.5) is 17.5 Å². The summed E-state index contributed by atoms with van der Waals surface area (Å²) >= 11 is 3.45. The monoisotopic (exact) mass is 321 g/mol. The number of aryl methyl sites for hydroxylation is 1. The van der Waals surface area contributed by atoms with Crippen LogP contribution in [0.2, 0.25) is 0 Å². The van der Waals surface area contributed by atoms with Gasteiger partial charge in [0.1, 0.15) is 0 Å². The van der Waals surface area contributed by atoms with Gasteiger partial charge in [0.15, 0.2) is 5.82 Å². The molecule has 5 nitrogen and oxygen atoms in total. The Hall–Kier alpha value is -1.69. The minimum atomic E-state index is 0.543. The molecule has 0 saturated heterocycles. The molecule has 0 unspecified atom stereocenters. The molecule has 0 aliphatic carbocycles. The summed E-state index contributed by atoms with van der Waals surface area (Å²) < 4.78 is 1.06.